The molecule has 0 saturated heterocycles. The minimum atomic E-state index is 0. The fraction of sp³-hybridized carbons (Fsp3) is 0.258. The summed E-state index contributed by atoms with van der Waals surface area (Å²) in [7, 11) is 3.64. The molecule has 0 unspecified atom stereocenters. The van der Waals surface area contributed by atoms with Crippen molar-refractivity contribution < 1.29 is 28.8 Å². The number of halogens is 2. The molecule has 0 amide bonds. The summed E-state index contributed by atoms with van der Waals surface area (Å²) in [6, 6.07) is 6.72. The molecule has 0 aliphatic heterocycles. The summed E-state index contributed by atoms with van der Waals surface area (Å²) in [5.41, 5.74) is 5.44. The van der Waals surface area contributed by atoms with Gasteiger partial charge in [0, 0.05) is 79.1 Å². The standard InChI is InChI=1S/C30H28Cl2N4O2.CH3.V/c1-19-13-27(37)23(15-25(19)31)29-21(17-35(3)33-29)11-9-7-5-6-8-10-12-22-18-36(4)34-30(22)24-16-26(32)20(2)14-28(24)38;;/h13-18,37-38H,5-8H2,1-4H3;1H3;/q;-1;. The molecule has 2 N–H and O–H groups in total. The predicted molar refractivity (Wildman–Crippen MR) is 159 cm³/mol. The molecule has 0 bridgehead atoms. The summed E-state index contributed by atoms with van der Waals surface area (Å²) in [4.78, 5) is 0. The van der Waals surface area contributed by atoms with Crippen LogP contribution in [0.2, 0.25) is 10.0 Å². The number of aromatic hydroxyl groups is 2. The van der Waals surface area contributed by atoms with Crippen LogP contribution in [0.25, 0.3) is 22.5 Å². The van der Waals surface area contributed by atoms with Gasteiger partial charge in [-0.25, -0.2) is 0 Å². The van der Waals surface area contributed by atoms with Gasteiger partial charge in [0.25, 0.3) is 0 Å². The number of phenolic OH excluding ortho intramolecular Hbond substituents is 2. The maximum atomic E-state index is 10.4. The Morgan fingerprint density at radius 3 is 1.48 bits per heavy atom. The van der Waals surface area contributed by atoms with Crippen LogP contribution in [-0.2, 0) is 32.7 Å². The van der Waals surface area contributed by atoms with Gasteiger partial charge < -0.3 is 17.6 Å². The van der Waals surface area contributed by atoms with Gasteiger partial charge in [0.15, 0.2) is 0 Å². The monoisotopic (exact) mass is 612 g/mol. The maximum Gasteiger partial charge on any atom is 0.125 e. The van der Waals surface area contributed by atoms with Crippen molar-refractivity contribution in [3.05, 3.63) is 76.4 Å². The molecule has 207 valence electrons. The number of hydrogen-bond acceptors (Lipinski definition) is 4. The number of benzene rings is 2. The molecule has 2 aromatic heterocycles. The van der Waals surface area contributed by atoms with Gasteiger partial charge in [-0.05, 0) is 62.1 Å². The van der Waals surface area contributed by atoms with E-state index in [1.54, 1.807) is 33.6 Å². The summed E-state index contributed by atoms with van der Waals surface area (Å²) < 4.78 is 3.36. The van der Waals surface area contributed by atoms with E-state index in [-0.39, 0.29) is 37.5 Å². The van der Waals surface area contributed by atoms with Crippen LogP contribution < -0.4 is 0 Å². The van der Waals surface area contributed by atoms with Crippen LogP contribution >= 0.6 is 23.2 Å². The fourth-order valence-corrected chi connectivity index (χ4v) is 4.34. The summed E-state index contributed by atoms with van der Waals surface area (Å²) in [6.07, 6.45) is 6.90. The summed E-state index contributed by atoms with van der Waals surface area (Å²) in [6.45, 7) is 3.69. The second kappa shape index (κ2) is 14.4. The molecule has 0 saturated carbocycles. The summed E-state index contributed by atoms with van der Waals surface area (Å²) >= 11 is 12.5. The molecule has 6 nitrogen and oxygen atoms in total. The zero-order chi connectivity index (χ0) is 27.4. The quantitative estimate of drug-likeness (QED) is 0.142. The first kappa shape index (κ1) is 33.0. The van der Waals surface area contributed by atoms with Crippen molar-refractivity contribution in [3.8, 4) is 57.7 Å². The Morgan fingerprint density at radius 2 is 1.10 bits per heavy atom. The first-order valence-corrected chi connectivity index (χ1v) is 12.9. The van der Waals surface area contributed by atoms with Gasteiger partial charge in [-0.1, -0.05) is 46.9 Å². The van der Waals surface area contributed by atoms with Gasteiger partial charge >= 0.3 is 0 Å². The van der Waals surface area contributed by atoms with Crippen molar-refractivity contribution in [3.63, 3.8) is 0 Å². The van der Waals surface area contributed by atoms with Crippen LogP contribution in [0.3, 0.4) is 0 Å². The van der Waals surface area contributed by atoms with E-state index in [1.165, 1.54) is 0 Å². The molecule has 40 heavy (non-hydrogen) atoms. The third-order valence-electron chi connectivity index (χ3n) is 6.02. The molecular formula is C31H31Cl2N4O2V-. The topological polar surface area (TPSA) is 76.1 Å². The number of hydrogen-bond donors (Lipinski definition) is 2. The van der Waals surface area contributed by atoms with E-state index in [0.717, 1.165) is 35.1 Å². The Balaban J connectivity index is 0.00000280. The van der Waals surface area contributed by atoms with Crippen molar-refractivity contribution in [1.82, 2.24) is 19.6 Å². The smallest absolute Gasteiger partial charge is 0.125 e. The van der Waals surface area contributed by atoms with Gasteiger partial charge in [0.2, 0.25) is 0 Å². The second-order valence-electron chi connectivity index (χ2n) is 9.18. The number of unbranched alkanes of at least 4 members (excludes halogenated alkanes) is 3. The zero-order valence-corrected chi connectivity index (χ0v) is 26.1. The third kappa shape index (κ3) is 7.69. The predicted octanol–water partition coefficient (Wildman–Crippen LogP) is 7.23. The molecule has 0 fully saturated rings. The minimum Gasteiger partial charge on any atom is -0.507 e. The van der Waals surface area contributed by atoms with Gasteiger partial charge in [-0.15, -0.1) is 0 Å². The molecule has 2 aromatic carbocycles. The van der Waals surface area contributed by atoms with E-state index in [0.29, 0.717) is 45.4 Å². The second-order valence-corrected chi connectivity index (χ2v) is 9.99. The molecule has 4 aromatic rings. The molecule has 2 heterocycles. The van der Waals surface area contributed by atoms with E-state index < -0.39 is 0 Å². The largest absolute Gasteiger partial charge is 0.507 e. The number of phenols is 2. The molecule has 0 aliphatic carbocycles. The Bertz CT molecular complexity index is 1510. The van der Waals surface area contributed by atoms with E-state index in [4.69, 9.17) is 23.2 Å². The molecule has 9 heteroatoms. The fourth-order valence-electron chi connectivity index (χ4n) is 4.01. The molecular weight excluding hydrogens is 582 g/mol. The summed E-state index contributed by atoms with van der Waals surface area (Å²) in [5.74, 6) is 13.0. The van der Waals surface area contributed by atoms with E-state index in [9.17, 15) is 10.2 Å². The van der Waals surface area contributed by atoms with Crippen LogP contribution in [0.1, 0.15) is 47.9 Å². The molecule has 0 atom stereocenters. The Kier molecular flexibility index (Phi) is 11.9. The van der Waals surface area contributed by atoms with Crippen molar-refractivity contribution in [1.29, 1.82) is 0 Å². The van der Waals surface area contributed by atoms with Gasteiger partial charge in [-0.2, -0.15) is 10.2 Å². The molecule has 0 spiro atoms. The Hall–Kier alpha value is -3.26. The van der Waals surface area contributed by atoms with Crippen molar-refractivity contribution >= 4 is 23.2 Å². The van der Waals surface area contributed by atoms with Crippen LogP contribution in [0, 0.1) is 45.0 Å². The Labute approximate surface area is 258 Å². The zero-order valence-electron chi connectivity index (χ0n) is 23.2. The average molecular weight is 613 g/mol. The van der Waals surface area contributed by atoms with E-state index >= 15 is 0 Å². The third-order valence-corrected chi connectivity index (χ3v) is 6.84. The van der Waals surface area contributed by atoms with Crippen molar-refractivity contribution in [2.75, 3.05) is 0 Å². The number of nitrogens with zero attached hydrogens (tertiary/aromatic N) is 4. The normalized spacial score (nSPS) is 10.1. The molecule has 0 aliphatic rings. The maximum absolute atomic E-state index is 10.4. The van der Waals surface area contributed by atoms with Gasteiger partial charge in [-0.3, -0.25) is 9.36 Å². The Morgan fingerprint density at radius 1 is 0.725 bits per heavy atom. The number of aromatic nitrogens is 4. The van der Waals surface area contributed by atoms with Crippen molar-refractivity contribution in [2.24, 2.45) is 14.1 Å². The van der Waals surface area contributed by atoms with Crippen LogP contribution in [-0.4, -0.2) is 29.8 Å². The SMILES string of the molecule is Cc1cc(O)c(-c2nn(C)cc2C#CCCCCC#Cc2cn(C)nc2-c2cc(Cl)c(C)cc2O)cc1Cl.[CH3-].[V]. The van der Waals surface area contributed by atoms with Gasteiger partial charge in [0.1, 0.15) is 22.9 Å². The number of rotatable bonds is 5. The van der Waals surface area contributed by atoms with E-state index in [2.05, 4.69) is 33.9 Å². The molecule has 4 rings (SSSR count). The van der Waals surface area contributed by atoms with Crippen LogP contribution in [0.15, 0.2) is 36.7 Å². The van der Waals surface area contributed by atoms with Crippen LogP contribution in [0.5, 0.6) is 11.5 Å². The first-order valence-electron chi connectivity index (χ1n) is 12.2. The van der Waals surface area contributed by atoms with Crippen molar-refractivity contribution in [2.45, 2.75) is 39.5 Å². The summed E-state index contributed by atoms with van der Waals surface area (Å²) in [5, 5.41) is 30.9. The number of aryl methyl sites for hydroxylation is 4. The minimum absolute atomic E-state index is 0. The van der Waals surface area contributed by atoms with E-state index in [1.807, 2.05) is 40.3 Å². The average Bonchev–Trinajstić information content (AvgIpc) is 3.41. The first-order chi connectivity index (χ1) is 18.1. The molecule has 1 radical (unpaired) electrons. The van der Waals surface area contributed by atoms with Gasteiger partial charge in [0.05, 0.1) is 11.1 Å². The van der Waals surface area contributed by atoms with Crippen LogP contribution in [0.4, 0.5) is 0 Å².